The van der Waals surface area contributed by atoms with Gasteiger partial charge in [0.05, 0.1) is 32.1 Å². The van der Waals surface area contributed by atoms with Crippen molar-refractivity contribution in [2.75, 3.05) is 83.9 Å². The Kier molecular flexibility index (Phi) is 8.32. The predicted octanol–water partition coefficient (Wildman–Crippen LogP) is 3.78. The summed E-state index contributed by atoms with van der Waals surface area (Å²) in [7, 11) is 5.67. The molecule has 3 unspecified atom stereocenters. The molecule has 1 N–H and O–H groups in total. The number of morpholine rings is 1. The standard InChI is InChI=1S/C36H44N6O5/c1-24(43)37-30-19-25(9-12-33(30)46-4)21-40-22-26-20-32(29-10-11-31(38(2)3)28-8-6-5-7-27(28)29)42-35(45)41(34(44)36(26,42)23-40)14-13-39-15-17-47-18-16-39/h5-12,19,26,32H,13-18,20-23H2,1-4H3,(H,37,43). The second-order valence-electron chi connectivity index (χ2n) is 13.4. The maximum absolute atomic E-state index is 14.6. The van der Waals surface area contributed by atoms with Crippen LogP contribution in [0.4, 0.5) is 16.2 Å². The summed E-state index contributed by atoms with van der Waals surface area (Å²) >= 11 is 0. The molecule has 4 amide bonds. The lowest BCUT2D eigenvalue weighted by Crippen LogP contribution is -2.51. The second-order valence-corrected chi connectivity index (χ2v) is 13.4. The van der Waals surface area contributed by atoms with Gasteiger partial charge >= 0.3 is 6.03 Å². The molecule has 3 aromatic rings. The fourth-order valence-electron chi connectivity index (χ4n) is 8.33. The van der Waals surface area contributed by atoms with Crippen molar-refractivity contribution in [1.82, 2.24) is 19.6 Å². The summed E-state index contributed by atoms with van der Waals surface area (Å²) in [6.07, 6.45) is 0.719. The highest BCUT2D eigenvalue weighted by Gasteiger charge is 2.70. The van der Waals surface area contributed by atoms with Gasteiger partial charge in [0, 0.05) is 83.8 Å². The van der Waals surface area contributed by atoms with Crippen LogP contribution in [0.25, 0.3) is 10.8 Å². The molecule has 248 valence electrons. The van der Waals surface area contributed by atoms with Crippen LogP contribution in [0.2, 0.25) is 0 Å². The lowest BCUT2D eigenvalue weighted by Gasteiger charge is -2.33. The van der Waals surface area contributed by atoms with E-state index in [9.17, 15) is 14.4 Å². The second kappa shape index (κ2) is 12.4. The van der Waals surface area contributed by atoms with Crippen molar-refractivity contribution in [1.29, 1.82) is 0 Å². The molecule has 11 heteroatoms. The molecule has 3 atom stereocenters. The lowest BCUT2D eigenvalue weighted by molar-refractivity contribution is -0.133. The zero-order valence-corrected chi connectivity index (χ0v) is 27.7. The predicted molar refractivity (Wildman–Crippen MR) is 181 cm³/mol. The van der Waals surface area contributed by atoms with Crippen LogP contribution in [0.15, 0.2) is 54.6 Å². The molecular weight excluding hydrogens is 596 g/mol. The molecule has 0 saturated carbocycles. The van der Waals surface area contributed by atoms with E-state index in [1.165, 1.54) is 11.8 Å². The van der Waals surface area contributed by atoms with Crippen molar-refractivity contribution in [3.8, 4) is 5.75 Å². The first-order valence-corrected chi connectivity index (χ1v) is 16.5. The third-order valence-corrected chi connectivity index (χ3v) is 10.4. The quantitative estimate of drug-likeness (QED) is 0.353. The maximum Gasteiger partial charge on any atom is 0.328 e. The van der Waals surface area contributed by atoms with Gasteiger partial charge < -0.3 is 24.6 Å². The molecule has 4 saturated heterocycles. The van der Waals surface area contributed by atoms with Gasteiger partial charge in [0.1, 0.15) is 11.3 Å². The number of amides is 4. The SMILES string of the molecule is COc1ccc(CN2CC3CC(c4ccc(N(C)C)c5ccccc45)N4C(=O)N(CCN5CCOCC5)C(=O)C34C2)cc1NC(C)=O. The molecule has 4 aliphatic heterocycles. The molecule has 4 heterocycles. The van der Waals surface area contributed by atoms with E-state index in [1.807, 2.05) is 43.3 Å². The number of benzene rings is 3. The number of hydrogen-bond acceptors (Lipinski definition) is 8. The Morgan fingerprint density at radius 3 is 2.51 bits per heavy atom. The number of hydrogen-bond donors (Lipinski definition) is 1. The molecule has 3 aromatic carbocycles. The largest absolute Gasteiger partial charge is 0.495 e. The van der Waals surface area contributed by atoms with Gasteiger partial charge in [0.15, 0.2) is 0 Å². The van der Waals surface area contributed by atoms with Crippen LogP contribution in [0.3, 0.4) is 0 Å². The number of imide groups is 1. The van der Waals surface area contributed by atoms with Crippen molar-refractivity contribution in [2.45, 2.75) is 31.5 Å². The number of anilines is 2. The Morgan fingerprint density at radius 1 is 1.02 bits per heavy atom. The van der Waals surface area contributed by atoms with E-state index in [-0.39, 0.29) is 29.8 Å². The first-order chi connectivity index (χ1) is 22.7. The number of nitrogens with zero attached hydrogens (tertiary/aromatic N) is 5. The Hall–Kier alpha value is -4.19. The molecular formula is C36H44N6O5. The highest BCUT2D eigenvalue weighted by atomic mass is 16.5. The maximum atomic E-state index is 14.6. The van der Waals surface area contributed by atoms with E-state index in [4.69, 9.17) is 9.47 Å². The van der Waals surface area contributed by atoms with E-state index in [0.717, 1.165) is 47.1 Å². The molecule has 11 nitrogen and oxygen atoms in total. The van der Waals surface area contributed by atoms with Gasteiger partial charge in [-0.25, -0.2) is 4.79 Å². The van der Waals surface area contributed by atoms with Crippen LogP contribution in [-0.2, 0) is 20.9 Å². The fourth-order valence-corrected chi connectivity index (χ4v) is 8.33. The number of rotatable bonds is 9. The summed E-state index contributed by atoms with van der Waals surface area (Å²) in [5.41, 5.74) is 2.91. The van der Waals surface area contributed by atoms with Crippen LogP contribution >= 0.6 is 0 Å². The average molecular weight is 641 g/mol. The summed E-state index contributed by atoms with van der Waals surface area (Å²) in [4.78, 5) is 51.1. The zero-order chi connectivity index (χ0) is 32.9. The first kappa shape index (κ1) is 31.4. The van der Waals surface area contributed by atoms with Crippen LogP contribution in [0.1, 0.15) is 30.5 Å². The topological polar surface area (TPSA) is 97.9 Å². The van der Waals surface area contributed by atoms with Crippen molar-refractivity contribution in [2.24, 2.45) is 5.92 Å². The van der Waals surface area contributed by atoms with Gasteiger partial charge in [-0.3, -0.25) is 24.3 Å². The number of carbonyl (C=O) groups is 3. The molecule has 0 radical (unpaired) electrons. The summed E-state index contributed by atoms with van der Waals surface area (Å²) in [5, 5.41) is 5.12. The number of methoxy groups -OCH3 is 1. The van der Waals surface area contributed by atoms with Crippen molar-refractivity contribution >= 4 is 40.0 Å². The molecule has 7 rings (SSSR count). The number of likely N-dealkylation sites (tertiary alicyclic amines) is 1. The molecule has 0 aliphatic carbocycles. The normalized spacial score (nSPS) is 24.6. The van der Waals surface area contributed by atoms with Crippen LogP contribution in [0, 0.1) is 5.92 Å². The molecule has 4 fully saturated rings. The third kappa shape index (κ3) is 5.40. The number of carbonyl (C=O) groups excluding carboxylic acids is 3. The van der Waals surface area contributed by atoms with Crippen molar-refractivity contribution in [3.05, 3.63) is 65.7 Å². The monoisotopic (exact) mass is 640 g/mol. The summed E-state index contributed by atoms with van der Waals surface area (Å²) in [6, 6.07) is 18.1. The highest BCUT2D eigenvalue weighted by Crippen LogP contribution is 2.56. The Balaban J connectivity index is 1.22. The minimum absolute atomic E-state index is 0.0160. The van der Waals surface area contributed by atoms with E-state index < -0.39 is 5.54 Å². The number of urea groups is 1. The summed E-state index contributed by atoms with van der Waals surface area (Å²) in [6.45, 7) is 7.17. The number of nitrogens with one attached hydrogen (secondary N) is 1. The molecule has 0 bridgehead atoms. The summed E-state index contributed by atoms with van der Waals surface area (Å²) in [5.74, 6) is 0.330. The van der Waals surface area contributed by atoms with Gasteiger partial charge in [-0.15, -0.1) is 0 Å². The van der Waals surface area contributed by atoms with E-state index in [0.29, 0.717) is 57.4 Å². The van der Waals surface area contributed by atoms with Crippen LogP contribution in [-0.4, -0.2) is 117 Å². The Morgan fingerprint density at radius 2 is 1.79 bits per heavy atom. The van der Waals surface area contributed by atoms with Crippen molar-refractivity contribution < 1.29 is 23.9 Å². The van der Waals surface area contributed by atoms with Gasteiger partial charge in [-0.05, 0) is 41.1 Å². The molecule has 1 spiro atoms. The third-order valence-electron chi connectivity index (χ3n) is 10.4. The Bertz CT molecular complexity index is 1710. The minimum atomic E-state index is -0.930. The smallest absolute Gasteiger partial charge is 0.328 e. The van der Waals surface area contributed by atoms with Gasteiger partial charge in [-0.2, -0.15) is 0 Å². The molecule has 47 heavy (non-hydrogen) atoms. The average Bonchev–Trinajstić information content (AvgIpc) is 3.63. The lowest BCUT2D eigenvalue weighted by atomic mass is 9.87. The summed E-state index contributed by atoms with van der Waals surface area (Å²) < 4.78 is 11.0. The van der Waals surface area contributed by atoms with Crippen LogP contribution < -0.4 is 15.0 Å². The zero-order valence-electron chi connectivity index (χ0n) is 27.7. The van der Waals surface area contributed by atoms with Gasteiger partial charge in [0.2, 0.25) is 5.91 Å². The number of fused-ring (bicyclic) bond motifs is 1. The first-order valence-electron chi connectivity index (χ1n) is 16.5. The minimum Gasteiger partial charge on any atom is -0.495 e. The molecule has 4 aliphatic rings. The van der Waals surface area contributed by atoms with Gasteiger partial charge in [0.25, 0.3) is 5.91 Å². The van der Waals surface area contributed by atoms with E-state index in [2.05, 4.69) is 50.3 Å². The van der Waals surface area contributed by atoms with Crippen LogP contribution in [0.5, 0.6) is 5.75 Å². The van der Waals surface area contributed by atoms with E-state index >= 15 is 0 Å². The van der Waals surface area contributed by atoms with Crippen molar-refractivity contribution in [3.63, 3.8) is 0 Å². The highest BCUT2D eigenvalue weighted by molar-refractivity contribution is 6.09. The Labute approximate surface area is 276 Å². The number of ether oxygens (including phenoxy) is 2. The van der Waals surface area contributed by atoms with Gasteiger partial charge in [-0.1, -0.05) is 36.4 Å². The van der Waals surface area contributed by atoms with E-state index in [1.54, 1.807) is 7.11 Å². The fraction of sp³-hybridized carbons (Fsp3) is 0.472. The molecule has 0 aromatic heterocycles.